The highest BCUT2D eigenvalue weighted by molar-refractivity contribution is 5.76. The normalized spacial score (nSPS) is 12.7. The Morgan fingerprint density at radius 2 is 0.810 bits per heavy atom. The molecular formula is C52H101NO5. The van der Waals surface area contributed by atoms with Crippen LogP contribution in [0.2, 0.25) is 0 Å². The van der Waals surface area contributed by atoms with Gasteiger partial charge in [0.05, 0.1) is 25.4 Å². The van der Waals surface area contributed by atoms with Crippen molar-refractivity contribution in [1.29, 1.82) is 0 Å². The lowest BCUT2D eigenvalue weighted by Gasteiger charge is -2.22. The molecule has 58 heavy (non-hydrogen) atoms. The van der Waals surface area contributed by atoms with Crippen molar-refractivity contribution in [3.05, 3.63) is 12.2 Å². The van der Waals surface area contributed by atoms with Crippen LogP contribution in [0.4, 0.5) is 0 Å². The van der Waals surface area contributed by atoms with Crippen LogP contribution in [-0.2, 0) is 14.3 Å². The lowest BCUT2D eigenvalue weighted by molar-refractivity contribution is -0.143. The van der Waals surface area contributed by atoms with Gasteiger partial charge >= 0.3 is 5.97 Å². The van der Waals surface area contributed by atoms with Crippen LogP contribution in [-0.4, -0.2) is 47.4 Å². The Hall–Kier alpha value is -1.40. The molecule has 2 atom stereocenters. The third kappa shape index (κ3) is 44.2. The van der Waals surface area contributed by atoms with Gasteiger partial charge in [0.2, 0.25) is 5.91 Å². The van der Waals surface area contributed by atoms with E-state index < -0.39 is 12.1 Å². The Morgan fingerprint density at radius 3 is 1.22 bits per heavy atom. The van der Waals surface area contributed by atoms with Crippen LogP contribution in [0.3, 0.4) is 0 Å². The van der Waals surface area contributed by atoms with Crippen LogP contribution in [0.15, 0.2) is 12.2 Å². The van der Waals surface area contributed by atoms with Gasteiger partial charge in [-0.05, 0) is 51.4 Å². The van der Waals surface area contributed by atoms with Crippen LogP contribution in [0, 0.1) is 0 Å². The predicted molar refractivity (Wildman–Crippen MR) is 250 cm³/mol. The number of aliphatic hydroxyl groups excluding tert-OH is 2. The van der Waals surface area contributed by atoms with Gasteiger partial charge in [-0.3, -0.25) is 9.59 Å². The van der Waals surface area contributed by atoms with Gasteiger partial charge < -0.3 is 20.3 Å². The van der Waals surface area contributed by atoms with E-state index >= 15 is 0 Å². The van der Waals surface area contributed by atoms with E-state index in [9.17, 15) is 19.8 Å². The minimum Gasteiger partial charge on any atom is -0.466 e. The Morgan fingerprint density at radius 1 is 0.466 bits per heavy atom. The molecule has 0 radical (unpaired) electrons. The lowest BCUT2D eigenvalue weighted by Crippen LogP contribution is -2.45. The number of hydrogen-bond acceptors (Lipinski definition) is 5. The molecule has 0 bridgehead atoms. The molecule has 0 aliphatic heterocycles. The lowest BCUT2D eigenvalue weighted by atomic mass is 10.0. The number of unbranched alkanes of at least 4 members (excludes halogenated alkanes) is 35. The van der Waals surface area contributed by atoms with Crippen molar-refractivity contribution < 1.29 is 24.5 Å². The fourth-order valence-corrected chi connectivity index (χ4v) is 8.05. The zero-order valence-corrected chi connectivity index (χ0v) is 39.0. The first-order chi connectivity index (χ1) is 28.5. The highest BCUT2D eigenvalue weighted by atomic mass is 16.5. The number of rotatable bonds is 48. The number of allylic oxidation sites excluding steroid dienone is 2. The summed E-state index contributed by atoms with van der Waals surface area (Å²) in [5, 5.41) is 23.2. The smallest absolute Gasteiger partial charge is 0.305 e. The summed E-state index contributed by atoms with van der Waals surface area (Å²) >= 11 is 0. The van der Waals surface area contributed by atoms with E-state index in [-0.39, 0.29) is 18.5 Å². The molecule has 0 aliphatic rings. The van der Waals surface area contributed by atoms with Crippen molar-refractivity contribution in [3.8, 4) is 0 Å². The van der Waals surface area contributed by atoms with E-state index in [1.165, 1.54) is 193 Å². The Kier molecular flexibility index (Phi) is 47.1. The number of carbonyl (C=O) groups excluding carboxylic acids is 2. The zero-order chi connectivity index (χ0) is 42.3. The summed E-state index contributed by atoms with van der Waals surface area (Å²) in [4.78, 5) is 24.5. The second-order valence-corrected chi connectivity index (χ2v) is 17.9. The van der Waals surface area contributed by atoms with Gasteiger partial charge in [-0.2, -0.15) is 0 Å². The second-order valence-electron chi connectivity index (χ2n) is 17.9. The first-order valence-electron chi connectivity index (χ1n) is 25.9. The number of carbonyl (C=O) groups is 2. The Labute approximate surface area is 361 Å². The van der Waals surface area contributed by atoms with Crippen LogP contribution in [0.25, 0.3) is 0 Å². The molecule has 344 valence electrons. The topological polar surface area (TPSA) is 95.9 Å². The molecule has 2 unspecified atom stereocenters. The third-order valence-corrected chi connectivity index (χ3v) is 12.1. The van der Waals surface area contributed by atoms with Crippen molar-refractivity contribution in [2.75, 3.05) is 13.2 Å². The highest BCUT2D eigenvalue weighted by Gasteiger charge is 2.20. The molecule has 6 heteroatoms. The number of amides is 1. The molecular weight excluding hydrogens is 719 g/mol. The van der Waals surface area contributed by atoms with Gasteiger partial charge in [0.1, 0.15) is 0 Å². The fraction of sp³-hybridized carbons (Fsp3) is 0.923. The average Bonchev–Trinajstić information content (AvgIpc) is 3.22. The van der Waals surface area contributed by atoms with E-state index in [1.807, 2.05) is 0 Å². The summed E-state index contributed by atoms with van der Waals surface area (Å²) in [6.45, 7) is 4.90. The summed E-state index contributed by atoms with van der Waals surface area (Å²) in [6, 6.07) is -0.558. The van der Waals surface area contributed by atoms with Crippen LogP contribution < -0.4 is 5.32 Å². The zero-order valence-electron chi connectivity index (χ0n) is 39.0. The van der Waals surface area contributed by atoms with E-state index in [1.54, 1.807) is 0 Å². The van der Waals surface area contributed by atoms with Gasteiger partial charge in [-0.1, -0.05) is 231 Å². The molecule has 0 saturated heterocycles. The first-order valence-corrected chi connectivity index (χ1v) is 25.9. The third-order valence-electron chi connectivity index (χ3n) is 12.1. The van der Waals surface area contributed by atoms with Crippen molar-refractivity contribution in [3.63, 3.8) is 0 Å². The van der Waals surface area contributed by atoms with E-state index in [0.717, 1.165) is 57.8 Å². The first kappa shape index (κ1) is 56.6. The maximum absolute atomic E-state index is 12.4. The molecule has 3 N–H and O–H groups in total. The summed E-state index contributed by atoms with van der Waals surface area (Å²) in [5.41, 5.74) is 0. The van der Waals surface area contributed by atoms with Gasteiger partial charge in [-0.25, -0.2) is 0 Å². The molecule has 0 fully saturated rings. The summed E-state index contributed by atoms with van der Waals surface area (Å²) in [7, 11) is 0. The molecule has 0 saturated carbocycles. The van der Waals surface area contributed by atoms with Gasteiger partial charge in [0.25, 0.3) is 0 Å². The number of ether oxygens (including phenoxy) is 1. The molecule has 0 spiro atoms. The van der Waals surface area contributed by atoms with Crippen LogP contribution in [0.5, 0.6) is 0 Å². The molecule has 0 aromatic carbocycles. The summed E-state index contributed by atoms with van der Waals surface area (Å²) in [6.07, 6.45) is 54.6. The van der Waals surface area contributed by atoms with Crippen molar-refractivity contribution in [2.45, 2.75) is 296 Å². The standard InChI is InChI=1S/C52H101NO5/c1-3-5-7-9-11-13-15-17-19-21-22-24-28-32-36-40-44-50(55)49(48-54)53-51(56)45-41-37-33-29-26-27-31-35-39-43-47-58-52(57)46-42-38-34-30-25-23-20-18-16-14-12-10-8-6-4-2/h18,20,49-50,54-55H,3-17,19,21-48H2,1-2H3,(H,53,56)/b20-18-. The van der Waals surface area contributed by atoms with Crippen molar-refractivity contribution in [2.24, 2.45) is 0 Å². The predicted octanol–water partition coefficient (Wildman–Crippen LogP) is 15.3. The quantitative estimate of drug-likeness (QED) is 0.0323. The molecule has 0 aliphatic carbocycles. The number of hydrogen-bond donors (Lipinski definition) is 3. The molecule has 0 aromatic heterocycles. The molecule has 0 heterocycles. The Balaban J connectivity index is 3.48. The van der Waals surface area contributed by atoms with Gasteiger partial charge in [0.15, 0.2) is 0 Å². The maximum Gasteiger partial charge on any atom is 0.305 e. The maximum atomic E-state index is 12.4. The Bertz CT molecular complexity index is 863. The average molecular weight is 820 g/mol. The molecule has 6 nitrogen and oxygen atoms in total. The highest BCUT2D eigenvalue weighted by Crippen LogP contribution is 2.16. The minimum absolute atomic E-state index is 0.0262. The minimum atomic E-state index is -0.678. The van der Waals surface area contributed by atoms with E-state index in [2.05, 4.69) is 31.3 Å². The largest absolute Gasteiger partial charge is 0.466 e. The van der Waals surface area contributed by atoms with Crippen molar-refractivity contribution >= 4 is 11.9 Å². The van der Waals surface area contributed by atoms with Gasteiger partial charge in [0, 0.05) is 12.8 Å². The van der Waals surface area contributed by atoms with E-state index in [0.29, 0.717) is 25.9 Å². The fourth-order valence-electron chi connectivity index (χ4n) is 8.05. The summed E-state index contributed by atoms with van der Waals surface area (Å²) < 4.78 is 5.45. The summed E-state index contributed by atoms with van der Waals surface area (Å²) in [5.74, 6) is -0.0829. The molecule has 0 aromatic rings. The monoisotopic (exact) mass is 820 g/mol. The molecule has 0 rings (SSSR count). The second kappa shape index (κ2) is 48.3. The number of esters is 1. The number of nitrogens with one attached hydrogen (secondary N) is 1. The molecule has 1 amide bonds. The SMILES string of the molecule is CCCCCCCC/C=C\CCCCCCCC(=O)OCCCCCCCCCCCCC(=O)NC(CO)C(O)CCCCCCCCCCCCCCCCCC. The number of aliphatic hydroxyl groups is 2. The van der Waals surface area contributed by atoms with Crippen LogP contribution in [0.1, 0.15) is 284 Å². The van der Waals surface area contributed by atoms with Crippen LogP contribution >= 0.6 is 0 Å². The van der Waals surface area contributed by atoms with Crippen molar-refractivity contribution in [1.82, 2.24) is 5.32 Å². The van der Waals surface area contributed by atoms with E-state index in [4.69, 9.17) is 4.74 Å². The van der Waals surface area contributed by atoms with Gasteiger partial charge in [-0.15, -0.1) is 0 Å².